The lowest BCUT2D eigenvalue weighted by molar-refractivity contribution is 0.0965. The Morgan fingerprint density at radius 2 is 2.16 bits per heavy atom. The number of anilines is 2. The minimum Gasteiger partial charge on any atom is -0.396 e. The van der Waals surface area contributed by atoms with Crippen molar-refractivity contribution in [2.75, 3.05) is 30.8 Å². The van der Waals surface area contributed by atoms with Crippen LogP contribution in [0.25, 0.3) is 0 Å². The molecule has 1 aliphatic rings. The monoisotopic (exact) mass is 279 g/mol. The summed E-state index contributed by atoms with van der Waals surface area (Å²) in [7, 11) is 1.56. The summed E-state index contributed by atoms with van der Waals surface area (Å²) in [6.07, 6.45) is 1.76. The molecule has 2 rings (SSSR count). The molecule has 5 N–H and O–H groups in total. The van der Waals surface area contributed by atoms with Gasteiger partial charge in [-0.25, -0.2) is 0 Å². The third-order valence-electron chi connectivity index (χ3n) is 3.31. The number of amides is 1. The molecular weight excluding hydrogens is 262 g/mol. The average Bonchev–Trinajstić information content (AvgIpc) is 2.75. The predicted molar refractivity (Wildman–Crippen MR) is 76.3 cm³/mol. The molecule has 1 aromatic heterocycles. The molecule has 1 fully saturated rings. The molecule has 7 heteroatoms. The van der Waals surface area contributed by atoms with E-state index in [1.54, 1.807) is 7.05 Å². The lowest BCUT2D eigenvalue weighted by Gasteiger charge is -2.31. The third-order valence-corrected chi connectivity index (χ3v) is 4.48. The summed E-state index contributed by atoms with van der Waals surface area (Å²) >= 11 is 1.28. The number of nitrogens with zero attached hydrogens (tertiary/aromatic N) is 2. The molecule has 0 saturated carbocycles. The molecular formula is C12H17N5OS. The summed E-state index contributed by atoms with van der Waals surface area (Å²) < 4.78 is 0. The molecule has 0 aliphatic carbocycles. The zero-order valence-electron chi connectivity index (χ0n) is 10.8. The number of nitrogen functional groups attached to an aromatic ring is 1. The van der Waals surface area contributed by atoms with E-state index in [1.807, 2.05) is 6.07 Å². The van der Waals surface area contributed by atoms with Gasteiger partial charge in [0, 0.05) is 26.2 Å². The lowest BCUT2D eigenvalue weighted by Crippen LogP contribution is -2.40. The van der Waals surface area contributed by atoms with Gasteiger partial charge in [-0.3, -0.25) is 4.79 Å². The van der Waals surface area contributed by atoms with Gasteiger partial charge in [-0.2, -0.15) is 5.26 Å². The second-order valence-corrected chi connectivity index (χ2v) is 5.54. The number of thiophene rings is 1. The van der Waals surface area contributed by atoms with Gasteiger partial charge in [0.15, 0.2) is 0 Å². The van der Waals surface area contributed by atoms with Crippen LogP contribution in [0.15, 0.2) is 0 Å². The number of nitrogens with one attached hydrogen (secondary N) is 1. The van der Waals surface area contributed by atoms with Crippen molar-refractivity contribution in [3.63, 3.8) is 0 Å². The Bertz CT molecular complexity index is 525. The van der Waals surface area contributed by atoms with Gasteiger partial charge in [0.2, 0.25) is 0 Å². The average molecular weight is 279 g/mol. The molecule has 1 aromatic rings. The van der Waals surface area contributed by atoms with Crippen LogP contribution in [0.3, 0.4) is 0 Å². The van der Waals surface area contributed by atoms with E-state index in [1.165, 1.54) is 11.3 Å². The lowest BCUT2D eigenvalue weighted by atomic mass is 10.1. The second kappa shape index (κ2) is 5.47. The molecule has 0 spiro atoms. The Kier molecular flexibility index (Phi) is 3.93. The van der Waals surface area contributed by atoms with E-state index in [4.69, 9.17) is 16.7 Å². The molecule has 1 aliphatic heterocycles. The van der Waals surface area contributed by atoms with Crippen LogP contribution in [0.1, 0.15) is 28.1 Å². The fraction of sp³-hybridized carbons (Fsp3) is 0.500. The van der Waals surface area contributed by atoms with E-state index in [-0.39, 0.29) is 17.6 Å². The van der Waals surface area contributed by atoms with Crippen molar-refractivity contribution in [2.24, 2.45) is 5.73 Å². The normalized spacial score (nSPS) is 16.2. The van der Waals surface area contributed by atoms with Crippen LogP contribution in [-0.2, 0) is 0 Å². The van der Waals surface area contributed by atoms with Gasteiger partial charge in [0.1, 0.15) is 15.9 Å². The maximum Gasteiger partial charge on any atom is 0.256 e. The first-order valence-electron chi connectivity index (χ1n) is 6.13. The van der Waals surface area contributed by atoms with E-state index >= 15 is 0 Å². The highest BCUT2D eigenvalue weighted by molar-refractivity contribution is 7.17. The van der Waals surface area contributed by atoms with Crippen LogP contribution < -0.4 is 21.7 Å². The molecule has 1 saturated heterocycles. The quantitative estimate of drug-likeness (QED) is 0.730. The third kappa shape index (κ3) is 2.50. The highest BCUT2D eigenvalue weighted by Crippen LogP contribution is 2.38. The van der Waals surface area contributed by atoms with Gasteiger partial charge in [-0.05, 0) is 12.8 Å². The first-order chi connectivity index (χ1) is 9.08. The molecule has 102 valence electrons. The van der Waals surface area contributed by atoms with Gasteiger partial charge in [-0.1, -0.05) is 0 Å². The van der Waals surface area contributed by atoms with Crippen molar-refractivity contribution in [3.8, 4) is 6.07 Å². The first kappa shape index (κ1) is 13.6. The molecule has 6 nitrogen and oxygen atoms in total. The smallest absolute Gasteiger partial charge is 0.256 e. The van der Waals surface area contributed by atoms with Crippen molar-refractivity contribution in [3.05, 3.63) is 10.4 Å². The molecule has 0 unspecified atom stereocenters. The van der Waals surface area contributed by atoms with Crippen molar-refractivity contribution >= 4 is 27.9 Å². The van der Waals surface area contributed by atoms with Gasteiger partial charge in [0.05, 0.1) is 11.3 Å². The molecule has 0 aromatic carbocycles. The van der Waals surface area contributed by atoms with Crippen LogP contribution in [-0.4, -0.2) is 32.1 Å². The molecule has 0 atom stereocenters. The van der Waals surface area contributed by atoms with E-state index in [9.17, 15) is 4.79 Å². The number of nitrogens with two attached hydrogens (primary N) is 2. The van der Waals surface area contributed by atoms with Crippen molar-refractivity contribution in [1.29, 1.82) is 5.26 Å². The van der Waals surface area contributed by atoms with Gasteiger partial charge in [-0.15, -0.1) is 11.3 Å². The van der Waals surface area contributed by atoms with Crippen LogP contribution >= 0.6 is 11.3 Å². The fourth-order valence-electron chi connectivity index (χ4n) is 2.18. The number of hydrogen-bond donors (Lipinski definition) is 3. The maximum absolute atomic E-state index is 11.9. The number of carbonyl (C=O) groups is 1. The van der Waals surface area contributed by atoms with Crippen LogP contribution in [0.4, 0.5) is 10.7 Å². The Hall–Kier alpha value is -1.78. The molecule has 0 bridgehead atoms. The van der Waals surface area contributed by atoms with Crippen molar-refractivity contribution < 1.29 is 4.79 Å². The number of piperidine rings is 1. The van der Waals surface area contributed by atoms with Crippen LogP contribution in [0, 0.1) is 11.3 Å². The molecule has 19 heavy (non-hydrogen) atoms. The minimum atomic E-state index is -0.250. The minimum absolute atomic E-state index is 0.215. The zero-order chi connectivity index (χ0) is 14.0. The van der Waals surface area contributed by atoms with Crippen molar-refractivity contribution in [1.82, 2.24) is 5.32 Å². The van der Waals surface area contributed by atoms with Gasteiger partial charge < -0.3 is 21.7 Å². The summed E-state index contributed by atoms with van der Waals surface area (Å²) in [4.78, 5) is 14.4. The standard InChI is InChI=1S/C12H17N5OS/c1-16-11(18)9-10(15)8(6-13)19-12(9)17-4-2-7(14)3-5-17/h7H,2-5,14-15H2,1H3,(H,16,18). The zero-order valence-corrected chi connectivity index (χ0v) is 11.6. The number of nitriles is 1. The maximum atomic E-state index is 11.9. The Labute approximate surface area is 116 Å². The highest BCUT2D eigenvalue weighted by atomic mass is 32.1. The topological polar surface area (TPSA) is 108 Å². The largest absolute Gasteiger partial charge is 0.396 e. The Morgan fingerprint density at radius 3 is 2.68 bits per heavy atom. The van der Waals surface area contributed by atoms with E-state index in [2.05, 4.69) is 10.2 Å². The highest BCUT2D eigenvalue weighted by Gasteiger charge is 2.27. The fourth-order valence-corrected chi connectivity index (χ4v) is 3.25. The van der Waals surface area contributed by atoms with Gasteiger partial charge in [0.25, 0.3) is 5.91 Å². The summed E-state index contributed by atoms with van der Waals surface area (Å²) in [5.41, 5.74) is 12.5. The molecule has 2 heterocycles. The summed E-state index contributed by atoms with van der Waals surface area (Å²) in [6.45, 7) is 1.58. The first-order valence-corrected chi connectivity index (χ1v) is 6.95. The van der Waals surface area contributed by atoms with E-state index in [0.29, 0.717) is 10.4 Å². The Morgan fingerprint density at radius 1 is 1.53 bits per heavy atom. The molecule has 0 radical (unpaired) electrons. The van der Waals surface area contributed by atoms with E-state index < -0.39 is 0 Å². The Balaban J connectivity index is 2.39. The van der Waals surface area contributed by atoms with E-state index in [0.717, 1.165) is 30.9 Å². The molecule has 1 amide bonds. The predicted octanol–water partition coefficient (Wildman–Crippen LogP) is 0.489. The van der Waals surface area contributed by atoms with Gasteiger partial charge >= 0.3 is 0 Å². The summed E-state index contributed by atoms with van der Waals surface area (Å²) in [6, 6.07) is 2.26. The SMILES string of the molecule is CNC(=O)c1c(N2CCC(N)CC2)sc(C#N)c1N. The summed E-state index contributed by atoms with van der Waals surface area (Å²) in [5.74, 6) is -0.250. The second-order valence-electron chi connectivity index (χ2n) is 4.54. The number of hydrogen-bond acceptors (Lipinski definition) is 6. The van der Waals surface area contributed by atoms with Crippen molar-refractivity contribution in [2.45, 2.75) is 18.9 Å². The number of carbonyl (C=O) groups excluding carboxylic acids is 1. The van der Waals surface area contributed by atoms with Crippen LogP contribution in [0.2, 0.25) is 0 Å². The summed E-state index contributed by atoms with van der Waals surface area (Å²) in [5, 5.41) is 12.4. The van der Waals surface area contributed by atoms with Crippen LogP contribution in [0.5, 0.6) is 0 Å². The number of rotatable bonds is 2.